The number of hydrogen-bond donors (Lipinski definition) is 2. The second kappa shape index (κ2) is 10.8. The number of para-hydroxylation sites is 1. The number of nitrogens with one attached hydrogen (secondary N) is 1. The SMILES string of the molecule is CC(C)(Cc1ccccc1)NCC(O)COc1ccccc1COC1CCCC1. The maximum absolute atomic E-state index is 10.4. The van der Waals surface area contributed by atoms with E-state index in [2.05, 4.69) is 43.4 Å². The highest BCUT2D eigenvalue weighted by atomic mass is 16.5. The molecule has 3 rings (SSSR count). The average molecular weight is 398 g/mol. The lowest BCUT2D eigenvalue weighted by Crippen LogP contribution is -2.46. The van der Waals surface area contributed by atoms with E-state index in [4.69, 9.17) is 9.47 Å². The molecule has 1 aliphatic rings. The molecule has 0 radical (unpaired) electrons. The van der Waals surface area contributed by atoms with Crippen molar-refractivity contribution in [3.05, 3.63) is 65.7 Å². The summed E-state index contributed by atoms with van der Waals surface area (Å²) in [4.78, 5) is 0. The summed E-state index contributed by atoms with van der Waals surface area (Å²) in [6.07, 6.45) is 5.56. The van der Waals surface area contributed by atoms with Crippen molar-refractivity contribution in [2.45, 2.75) is 70.3 Å². The van der Waals surface area contributed by atoms with Crippen molar-refractivity contribution < 1.29 is 14.6 Å². The van der Waals surface area contributed by atoms with Gasteiger partial charge in [-0.05, 0) is 44.7 Å². The molecule has 1 atom stereocenters. The topological polar surface area (TPSA) is 50.7 Å². The van der Waals surface area contributed by atoms with E-state index in [0.29, 0.717) is 19.3 Å². The molecule has 0 aliphatic heterocycles. The van der Waals surface area contributed by atoms with Crippen molar-refractivity contribution in [2.75, 3.05) is 13.2 Å². The first-order chi connectivity index (χ1) is 14.0. The molecule has 1 unspecified atom stereocenters. The summed E-state index contributed by atoms with van der Waals surface area (Å²) in [6.45, 7) is 5.63. The molecule has 4 heteroatoms. The van der Waals surface area contributed by atoms with E-state index in [9.17, 15) is 5.11 Å². The number of β-amino-alcohol motifs (C(OH)–C–C–N with tert-alkyl or cyclic N) is 1. The van der Waals surface area contributed by atoms with E-state index in [1.54, 1.807) is 0 Å². The third-order valence-electron chi connectivity index (χ3n) is 5.49. The monoisotopic (exact) mass is 397 g/mol. The molecule has 0 saturated heterocycles. The Labute approximate surface area is 175 Å². The van der Waals surface area contributed by atoms with E-state index in [-0.39, 0.29) is 12.1 Å². The van der Waals surface area contributed by atoms with E-state index >= 15 is 0 Å². The molecule has 158 valence electrons. The van der Waals surface area contributed by atoms with Crippen molar-refractivity contribution in [1.82, 2.24) is 5.32 Å². The van der Waals surface area contributed by atoms with Crippen LogP contribution in [0.5, 0.6) is 5.75 Å². The standard InChI is InChI=1S/C25H35NO3/c1-25(2,16-20-10-4-3-5-11-20)26-17-22(27)19-29-24-15-9-6-12-21(24)18-28-23-13-7-8-14-23/h3-6,9-12,15,22-23,26-27H,7-8,13-14,16-19H2,1-2H3. The van der Waals surface area contributed by atoms with Crippen LogP contribution >= 0.6 is 0 Å². The Morgan fingerprint density at radius 3 is 2.48 bits per heavy atom. The second-order valence-electron chi connectivity index (χ2n) is 8.72. The highest BCUT2D eigenvalue weighted by molar-refractivity contribution is 5.32. The molecule has 2 N–H and O–H groups in total. The first-order valence-corrected chi connectivity index (χ1v) is 10.8. The second-order valence-corrected chi connectivity index (χ2v) is 8.72. The lowest BCUT2D eigenvalue weighted by atomic mass is 9.95. The van der Waals surface area contributed by atoms with Crippen molar-refractivity contribution in [3.63, 3.8) is 0 Å². The van der Waals surface area contributed by atoms with Crippen LogP contribution in [0.25, 0.3) is 0 Å². The molecule has 1 saturated carbocycles. The molecule has 1 fully saturated rings. The molecule has 29 heavy (non-hydrogen) atoms. The molecular formula is C25H35NO3. The van der Waals surface area contributed by atoms with Crippen LogP contribution in [0.2, 0.25) is 0 Å². The zero-order valence-corrected chi connectivity index (χ0v) is 17.8. The molecule has 0 amide bonds. The van der Waals surface area contributed by atoms with Gasteiger partial charge in [-0.3, -0.25) is 0 Å². The van der Waals surface area contributed by atoms with Crippen LogP contribution in [0.3, 0.4) is 0 Å². The summed E-state index contributed by atoms with van der Waals surface area (Å²) in [5.41, 5.74) is 2.23. The molecule has 0 bridgehead atoms. The minimum atomic E-state index is -0.575. The molecule has 4 nitrogen and oxygen atoms in total. The number of aliphatic hydroxyl groups excluding tert-OH is 1. The Balaban J connectivity index is 1.43. The van der Waals surface area contributed by atoms with Crippen LogP contribution in [0, 0.1) is 0 Å². The Morgan fingerprint density at radius 2 is 1.72 bits per heavy atom. The van der Waals surface area contributed by atoms with Gasteiger partial charge in [0.15, 0.2) is 0 Å². The van der Waals surface area contributed by atoms with Gasteiger partial charge in [0.25, 0.3) is 0 Å². The van der Waals surface area contributed by atoms with Crippen molar-refractivity contribution in [2.24, 2.45) is 0 Å². The molecular weight excluding hydrogens is 362 g/mol. The van der Waals surface area contributed by atoms with Gasteiger partial charge in [0.1, 0.15) is 18.5 Å². The molecule has 1 aliphatic carbocycles. The van der Waals surface area contributed by atoms with E-state index in [0.717, 1.165) is 30.6 Å². The van der Waals surface area contributed by atoms with Gasteiger partial charge in [-0.25, -0.2) is 0 Å². The van der Waals surface area contributed by atoms with Crippen molar-refractivity contribution >= 4 is 0 Å². The zero-order valence-electron chi connectivity index (χ0n) is 17.8. The number of benzene rings is 2. The quantitative estimate of drug-likeness (QED) is 0.586. The van der Waals surface area contributed by atoms with E-state index in [1.807, 2.05) is 30.3 Å². The molecule has 0 aromatic heterocycles. The Kier molecular flexibility index (Phi) is 8.10. The van der Waals surface area contributed by atoms with Crippen LogP contribution < -0.4 is 10.1 Å². The predicted octanol–water partition coefficient (Wildman–Crippen LogP) is 4.50. The van der Waals surface area contributed by atoms with Crippen molar-refractivity contribution in [3.8, 4) is 5.75 Å². The average Bonchev–Trinajstić information content (AvgIpc) is 3.24. The van der Waals surface area contributed by atoms with Gasteiger partial charge in [-0.2, -0.15) is 0 Å². The molecule has 2 aromatic rings. The number of rotatable bonds is 11. The van der Waals surface area contributed by atoms with Crippen LogP contribution in [0.4, 0.5) is 0 Å². The third kappa shape index (κ3) is 7.46. The lowest BCUT2D eigenvalue weighted by Gasteiger charge is -2.28. The van der Waals surface area contributed by atoms with E-state index < -0.39 is 6.10 Å². The third-order valence-corrected chi connectivity index (χ3v) is 5.49. The van der Waals surface area contributed by atoms with Gasteiger partial charge < -0.3 is 19.9 Å². The molecule has 2 aromatic carbocycles. The summed E-state index contributed by atoms with van der Waals surface area (Å²) in [6, 6.07) is 18.4. The van der Waals surface area contributed by atoms with Crippen LogP contribution in [-0.4, -0.2) is 36.0 Å². The zero-order chi connectivity index (χ0) is 20.5. The maximum atomic E-state index is 10.4. The summed E-state index contributed by atoms with van der Waals surface area (Å²) in [5, 5.41) is 13.9. The summed E-state index contributed by atoms with van der Waals surface area (Å²) in [7, 11) is 0. The minimum absolute atomic E-state index is 0.102. The fraction of sp³-hybridized carbons (Fsp3) is 0.520. The minimum Gasteiger partial charge on any atom is -0.490 e. The van der Waals surface area contributed by atoms with Gasteiger partial charge >= 0.3 is 0 Å². The van der Waals surface area contributed by atoms with Gasteiger partial charge in [-0.15, -0.1) is 0 Å². The Morgan fingerprint density at radius 1 is 1.03 bits per heavy atom. The first-order valence-electron chi connectivity index (χ1n) is 10.8. The lowest BCUT2D eigenvalue weighted by molar-refractivity contribution is 0.0429. The van der Waals surface area contributed by atoms with E-state index in [1.165, 1.54) is 18.4 Å². The van der Waals surface area contributed by atoms with Crippen LogP contribution in [0.1, 0.15) is 50.7 Å². The number of hydrogen-bond acceptors (Lipinski definition) is 4. The largest absolute Gasteiger partial charge is 0.490 e. The van der Waals surface area contributed by atoms with Gasteiger partial charge in [0.2, 0.25) is 0 Å². The predicted molar refractivity (Wildman–Crippen MR) is 117 cm³/mol. The van der Waals surface area contributed by atoms with Crippen LogP contribution in [-0.2, 0) is 17.8 Å². The van der Waals surface area contributed by atoms with Gasteiger partial charge in [0.05, 0.1) is 12.7 Å². The Hall–Kier alpha value is -1.88. The highest BCUT2D eigenvalue weighted by Crippen LogP contribution is 2.25. The summed E-state index contributed by atoms with van der Waals surface area (Å²) >= 11 is 0. The molecule has 0 heterocycles. The van der Waals surface area contributed by atoms with Gasteiger partial charge in [0, 0.05) is 17.6 Å². The first kappa shape index (κ1) is 21.8. The van der Waals surface area contributed by atoms with Crippen molar-refractivity contribution in [1.29, 1.82) is 0 Å². The normalized spacial score (nSPS) is 16.1. The smallest absolute Gasteiger partial charge is 0.124 e. The summed E-state index contributed by atoms with van der Waals surface area (Å²) < 4.78 is 12.0. The number of aliphatic hydroxyl groups is 1. The summed E-state index contributed by atoms with van der Waals surface area (Å²) in [5.74, 6) is 0.799. The maximum Gasteiger partial charge on any atom is 0.124 e. The van der Waals surface area contributed by atoms with Gasteiger partial charge in [-0.1, -0.05) is 61.4 Å². The fourth-order valence-electron chi connectivity index (χ4n) is 3.83. The highest BCUT2D eigenvalue weighted by Gasteiger charge is 2.20. The van der Waals surface area contributed by atoms with Crippen LogP contribution in [0.15, 0.2) is 54.6 Å². The Bertz CT molecular complexity index is 726. The fourth-order valence-corrected chi connectivity index (χ4v) is 3.83. The number of ether oxygens (including phenoxy) is 2. The molecule has 0 spiro atoms.